The average molecular weight is 299 g/mol. The van der Waals surface area contributed by atoms with Crippen molar-refractivity contribution < 1.29 is 14.3 Å². The minimum atomic E-state index is -0.682. The molecule has 3 atom stereocenters. The standard InChI is InChI=1S/C13H21N3O3S/c1-8-6-5-7-9(2)16(8)11-12(15-20-14-11)19-10(3)13(17)18-4/h8-10H,5-7H2,1-4H3. The molecule has 0 N–H and O–H groups in total. The zero-order valence-electron chi connectivity index (χ0n) is 12.3. The Hall–Kier alpha value is -1.37. The SMILES string of the molecule is COC(=O)C(C)Oc1nsnc1N1C(C)CCCC1C. The molecule has 1 aliphatic heterocycles. The number of anilines is 1. The number of rotatable bonds is 4. The Kier molecular flexibility index (Phi) is 4.80. The van der Waals surface area contributed by atoms with Crippen LogP contribution >= 0.6 is 11.7 Å². The van der Waals surface area contributed by atoms with Gasteiger partial charge < -0.3 is 14.4 Å². The summed E-state index contributed by atoms with van der Waals surface area (Å²) in [4.78, 5) is 13.7. The number of carbonyl (C=O) groups is 1. The van der Waals surface area contributed by atoms with E-state index in [0.717, 1.165) is 30.4 Å². The summed E-state index contributed by atoms with van der Waals surface area (Å²) in [6.45, 7) is 6.02. The molecule has 0 amide bonds. The molecule has 0 saturated carbocycles. The maximum absolute atomic E-state index is 11.4. The zero-order chi connectivity index (χ0) is 14.7. The van der Waals surface area contributed by atoms with E-state index in [1.165, 1.54) is 13.5 Å². The topological polar surface area (TPSA) is 64.5 Å². The van der Waals surface area contributed by atoms with Gasteiger partial charge in [-0.05, 0) is 40.0 Å². The lowest BCUT2D eigenvalue weighted by molar-refractivity contribution is -0.148. The summed E-state index contributed by atoms with van der Waals surface area (Å²) in [5, 5.41) is 0. The fourth-order valence-corrected chi connectivity index (χ4v) is 3.12. The van der Waals surface area contributed by atoms with Gasteiger partial charge in [-0.2, -0.15) is 4.37 Å². The first-order chi connectivity index (χ1) is 9.54. The quantitative estimate of drug-likeness (QED) is 0.795. The van der Waals surface area contributed by atoms with Crippen LogP contribution in [-0.4, -0.2) is 40.0 Å². The Balaban J connectivity index is 2.17. The largest absolute Gasteiger partial charge is 0.466 e. The highest BCUT2D eigenvalue weighted by Crippen LogP contribution is 2.34. The molecule has 0 radical (unpaired) electrons. The third-order valence-corrected chi connectivity index (χ3v) is 4.20. The van der Waals surface area contributed by atoms with Crippen molar-refractivity contribution in [2.45, 2.75) is 58.2 Å². The average Bonchev–Trinajstić information content (AvgIpc) is 2.85. The van der Waals surface area contributed by atoms with Crippen molar-refractivity contribution in [1.29, 1.82) is 0 Å². The van der Waals surface area contributed by atoms with Gasteiger partial charge in [0.2, 0.25) is 5.82 Å². The molecule has 20 heavy (non-hydrogen) atoms. The maximum atomic E-state index is 11.4. The van der Waals surface area contributed by atoms with Crippen molar-refractivity contribution >= 4 is 23.5 Å². The molecule has 1 aromatic rings. The van der Waals surface area contributed by atoms with E-state index >= 15 is 0 Å². The third-order valence-electron chi connectivity index (χ3n) is 3.70. The molecular formula is C13H21N3O3S. The molecule has 1 fully saturated rings. The van der Waals surface area contributed by atoms with Gasteiger partial charge in [-0.25, -0.2) is 4.79 Å². The van der Waals surface area contributed by atoms with Gasteiger partial charge in [0, 0.05) is 12.1 Å². The Morgan fingerprint density at radius 3 is 2.60 bits per heavy atom. The molecule has 0 aromatic carbocycles. The predicted molar refractivity (Wildman–Crippen MR) is 77.3 cm³/mol. The number of hydrogen-bond donors (Lipinski definition) is 0. The van der Waals surface area contributed by atoms with Crippen LogP contribution in [0.2, 0.25) is 0 Å². The van der Waals surface area contributed by atoms with E-state index in [2.05, 4.69) is 32.2 Å². The van der Waals surface area contributed by atoms with Crippen molar-refractivity contribution in [3.8, 4) is 5.88 Å². The smallest absolute Gasteiger partial charge is 0.346 e. The first-order valence-electron chi connectivity index (χ1n) is 6.90. The zero-order valence-corrected chi connectivity index (χ0v) is 13.1. The third kappa shape index (κ3) is 3.03. The van der Waals surface area contributed by atoms with E-state index in [0.29, 0.717) is 18.0 Å². The molecule has 1 aliphatic rings. The molecule has 0 spiro atoms. The molecule has 7 heteroatoms. The molecule has 2 rings (SSSR count). The molecule has 112 valence electrons. The summed E-state index contributed by atoms with van der Waals surface area (Å²) < 4.78 is 18.8. The van der Waals surface area contributed by atoms with E-state index < -0.39 is 12.1 Å². The van der Waals surface area contributed by atoms with Crippen LogP contribution in [0.4, 0.5) is 5.82 Å². The van der Waals surface area contributed by atoms with Crippen LogP contribution in [0, 0.1) is 0 Å². The molecule has 0 bridgehead atoms. The lowest BCUT2D eigenvalue weighted by atomic mass is 9.98. The van der Waals surface area contributed by atoms with E-state index in [1.54, 1.807) is 6.92 Å². The number of aromatic nitrogens is 2. The highest BCUT2D eigenvalue weighted by atomic mass is 32.1. The Bertz CT molecular complexity index is 455. The lowest BCUT2D eigenvalue weighted by Crippen LogP contribution is -2.44. The van der Waals surface area contributed by atoms with Crippen molar-refractivity contribution in [1.82, 2.24) is 8.75 Å². The van der Waals surface area contributed by atoms with Crippen LogP contribution in [0.3, 0.4) is 0 Å². The van der Waals surface area contributed by atoms with Crippen LogP contribution in [0.5, 0.6) is 5.88 Å². The van der Waals surface area contributed by atoms with Crippen LogP contribution in [0.1, 0.15) is 40.0 Å². The predicted octanol–water partition coefficient (Wildman–Crippen LogP) is 2.25. The fraction of sp³-hybridized carbons (Fsp3) is 0.769. The van der Waals surface area contributed by atoms with E-state index in [1.807, 2.05) is 0 Å². The van der Waals surface area contributed by atoms with Crippen LogP contribution < -0.4 is 9.64 Å². The van der Waals surface area contributed by atoms with Gasteiger partial charge in [-0.3, -0.25) is 0 Å². The van der Waals surface area contributed by atoms with Crippen LogP contribution in [-0.2, 0) is 9.53 Å². The van der Waals surface area contributed by atoms with Crippen molar-refractivity contribution in [3.63, 3.8) is 0 Å². The highest BCUT2D eigenvalue weighted by molar-refractivity contribution is 6.99. The summed E-state index contributed by atoms with van der Waals surface area (Å²) in [6, 6.07) is 0.803. The summed E-state index contributed by atoms with van der Waals surface area (Å²) in [5.41, 5.74) is 0. The number of carbonyl (C=O) groups excluding carboxylic acids is 1. The minimum absolute atomic E-state index is 0.401. The second kappa shape index (κ2) is 6.39. The van der Waals surface area contributed by atoms with E-state index in [9.17, 15) is 4.79 Å². The van der Waals surface area contributed by atoms with Gasteiger partial charge in [0.15, 0.2) is 6.10 Å². The normalized spacial score (nSPS) is 24.3. The highest BCUT2D eigenvalue weighted by Gasteiger charge is 2.31. The molecule has 0 aliphatic carbocycles. The summed E-state index contributed by atoms with van der Waals surface area (Å²) in [5.74, 6) is 0.752. The van der Waals surface area contributed by atoms with Gasteiger partial charge in [0.1, 0.15) is 0 Å². The van der Waals surface area contributed by atoms with Gasteiger partial charge in [-0.1, -0.05) is 0 Å². The molecule has 2 heterocycles. The molecule has 6 nitrogen and oxygen atoms in total. The van der Waals surface area contributed by atoms with Crippen molar-refractivity contribution in [2.75, 3.05) is 12.0 Å². The monoisotopic (exact) mass is 299 g/mol. The number of esters is 1. The van der Waals surface area contributed by atoms with Crippen molar-refractivity contribution in [2.24, 2.45) is 0 Å². The lowest BCUT2D eigenvalue weighted by Gasteiger charge is -2.39. The number of methoxy groups -OCH3 is 1. The van der Waals surface area contributed by atoms with E-state index in [-0.39, 0.29) is 0 Å². The Labute approximate surface area is 123 Å². The van der Waals surface area contributed by atoms with Gasteiger partial charge in [0.25, 0.3) is 5.88 Å². The summed E-state index contributed by atoms with van der Waals surface area (Å²) in [7, 11) is 1.34. The number of nitrogens with zero attached hydrogens (tertiary/aromatic N) is 3. The first-order valence-corrected chi connectivity index (χ1v) is 7.63. The number of ether oxygens (including phenoxy) is 2. The fourth-order valence-electron chi connectivity index (χ4n) is 2.63. The Morgan fingerprint density at radius 1 is 1.35 bits per heavy atom. The first kappa shape index (κ1) is 15.0. The van der Waals surface area contributed by atoms with Crippen LogP contribution in [0.15, 0.2) is 0 Å². The molecule has 3 unspecified atom stereocenters. The summed E-state index contributed by atoms with van der Waals surface area (Å²) in [6.07, 6.45) is 2.81. The summed E-state index contributed by atoms with van der Waals surface area (Å²) >= 11 is 1.11. The maximum Gasteiger partial charge on any atom is 0.346 e. The molecular weight excluding hydrogens is 278 g/mol. The number of piperidine rings is 1. The Morgan fingerprint density at radius 2 is 2.00 bits per heavy atom. The molecule has 1 saturated heterocycles. The van der Waals surface area contributed by atoms with Gasteiger partial charge in [-0.15, -0.1) is 4.37 Å². The van der Waals surface area contributed by atoms with Crippen LogP contribution in [0.25, 0.3) is 0 Å². The van der Waals surface area contributed by atoms with Gasteiger partial charge >= 0.3 is 5.97 Å². The minimum Gasteiger partial charge on any atom is -0.466 e. The second-order valence-electron chi connectivity index (χ2n) is 5.21. The van der Waals surface area contributed by atoms with Crippen molar-refractivity contribution in [3.05, 3.63) is 0 Å². The van der Waals surface area contributed by atoms with Gasteiger partial charge in [0.05, 0.1) is 18.8 Å². The van der Waals surface area contributed by atoms with E-state index in [4.69, 9.17) is 4.74 Å². The number of hydrogen-bond acceptors (Lipinski definition) is 7. The second-order valence-corrected chi connectivity index (χ2v) is 5.74. The molecule has 1 aromatic heterocycles.